The molecule has 0 bridgehead atoms. The third kappa shape index (κ3) is 4.84. The van der Waals surface area contributed by atoms with Crippen molar-refractivity contribution in [2.45, 2.75) is 25.5 Å². The van der Waals surface area contributed by atoms with Gasteiger partial charge in [-0.15, -0.1) is 11.3 Å². The summed E-state index contributed by atoms with van der Waals surface area (Å²) in [5.74, 6) is 0.333. The Labute approximate surface area is 164 Å². The molecule has 140 valence electrons. The van der Waals surface area contributed by atoms with E-state index < -0.39 is 0 Å². The monoisotopic (exact) mass is 402 g/mol. The van der Waals surface area contributed by atoms with Crippen LogP contribution >= 0.6 is 23.1 Å². The topological polar surface area (TPSA) is 78.4 Å². The van der Waals surface area contributed by atoms with Crippen molar-refractivity contribution in [3.8, 4) is 5.75 Å². The van der Waals surface area contributed by atoms with E-state index in [-0.39, 0.29) is 24.1 Å². The summed E-state index contributed by atoms with van der Waals surface area (Å²) in [6.07, 6.45) is 1.49. The van der Waals surface area contributed by atoms with Crippen LogP contribution in [0.4, 0.5) is 0 Å². The van der Waals surface area contributed by atoms with Crippen molar-refractivity contribution in [1.29, 1.82) is 0 Å². The molecule has 6 nitrogen and oxygen atoms in total. The highest BCUT2D eigenvalue weighted by Gasteiger charge is 2.13. The van der Waals surface area contributed by atoms with Gasteiger partial charge in [-0.05, 0) is 43.5 Å². The number of thioether (sulfide) groups is 1. The van der Waals surface area contributed by atoms with Crippen molar-refractivity contribution in [1.82, 2.24) is 9.97 Å². The second-order valence-corrected chi connectivity index (χ2v) is 7.44. The highest BCUT2D eigenvalue weighted by atomic mass is 32.2. The van der Waals surface area contributed by atoms with Crippen LogP contribution in [0.25, 0.3) is 10.2 Å². The number of aromatic nitrogens is 2. The molecule has 0 aliphatic rings. The highest BCUT2D eigenvalue weighted by Crippen LogP contribution is 2.28. The number of nitrogens with zero attached hydrogens (tertiary/aromatic N) is 2. The van der Waals surface area contributed by atoms with Gasteiger partial charge in [0.1, 0.15) is 28.5 Å². The van der Waals surface area contributed by atoms with Crippen molar-refractivity contribution in [2.24, 2.45) is 0 Å². The molecule has 0 amide bonds. The lowest BCUT2D eigenvalue weighted by molar-refractivity contribution is -0.141. The first kappa shape index (κ1) is 19.3. The largest absolute Gasteiger partial charge is 0.493 e. The van der Waals surface area contributed by atoms with E-state index in [0.29, 0.717) is 23.5 Å². The minimum absolute atomic E-state index is 0.0491. The van der Waals surface area contributed by atoms with Gasteiger partial charge in [-0.2, -0.15) is 0 Å². The summed E-state index contributed by atoms with van der Waals surface area (Å²) in [6, 6.07) is 7.07. The van der Waals surface area contributed by atoms with Gasteiger partial charge >= 0.3 is 5.97 Å². The lowest BCUT2D eigenvalue weighted by Gasteiger charge is -2.12. The summed E-state index contributed by atoms with van der Waals surface area (Å²) >= 11 is 2.85. The number of thiophene rings is 1. The lowest BCUT2D eigenvalue weighted by atomic mass is 10.1. The molecule has 0 aliphatic carbocycles. The molecular formula is C19H18N2O4S2. The molecular weight excluding hydrogens is 384 g/mol. The predicted octanol–water partition coefficient (Wildman–Crippen LogP) is 4.13. The third-order valence-corrected chi connectivity index (χ3v) is 5.51. The van der Waals surface area contributed by atoms with Gasteiger partial charge in [0.2, 0.25) is 0 Å². The van der Waals surface area contributed by atoms with Gasteiger partial charge in [0.15, 0.2) is 5.78 Å². The van der Waals surface area contributed by atoms with E-state index in [9.17, 15) is 9.59 Å². The fourth-order valence-corrected chi connectivity index (χ4v) is 3.99. The zero-order valence-electron chi connectivity index (χ0n) is 14.9. The number of carbonyl (C=O) groups excluding carboxylic acids is 2. The number of rotatable bonds is 8. The Morgan fingerprint density at radius 3 is 2.85 bits per heavy atom. The lowest BCUT2D eigenvalue weighted by Crippen LogP contribution is -2.09. The van der Waals surface area contributed by atoms with Crippen LogP contribution in [0, 0.1) is 0 Å². The van der Waals surface area contributed by atoms with Gasteiger partial charge in [0, 0.05) is 16.5 Å². The van der Waals surface area contributed by atoms with Crippen molar-refractivity contribution in [3.05, 3.63) is 47.1 Å². The Bertz CT molecular complexity index is 971. The Morgan fingerprint density at radius 2 is 2.07 bits per heavy atom. The Morgan fingerprint density at radius 1 is 1.22 bits per heavy atom. The number of carbonyl (C=O) groups is 2. The first-order valence-electron chi connectivity index (χ1n) is 8.31. The van der Waals surface area contributed by atoms with Gasteiger partial charge in [0.25, 0.3) is 0 Å². The van der Waals surface area contributed by atoms with Crippen LogP contribution in [0.15, 0.2) is 41.0 Å². The third-order valence-electron chi connectivity index (χ3n) is 3.71. The van der Waals surface area contributed by atoms with Crippen LogP contribution < -0.4 is 4.74 Å². The van der Waals surface area contributed by atoms with Crippen LogP contribution in [0.3, 0.4) is 0 Å². The number of hydrogen-bond donors (Lipinski definition) is 0. The normalized spacial score (nSPS) is 10.7. The van der Waals surface area contributed by atoms with Crippen molar-refractivity contribution in [3.63, 3.8) is 0 Å². The average Bonchev–Trinajstić information content (AvgIpc) is 3.15. The Balaban J connectivity index is 1.62. The van der Waals surface area contributed by atoms with Crippen LogP contribution in [-0.4, -0.2) is 34.1 Å². The number of fused-ring (bicyclic) bond motifs is 1. The maximum Gasteiger partial charge on any atom is 0.316 e. The fourth-order valence-electron chi connectivity index (χ4n) is 2.42. The van der Waals surface area contributed by atoms with E-state index in [1.54, 1.807) is 18.2 Å². The van der Waals surface area contributed by atoms with Crippen LogP contribution in [0.5, 0.6) is 5.75 Å². The summed E-state index contributed by atoms with van der Waals surface area (Å²) in [5.41, 5.74) is 1.23. The molecule has 3 rings (SSSR count). The second kappa shape index (κ2) is 8.96. The number of ether oxygens (including phenoxy) is 2. The van der Waals surface area contributed by atoms with Crippen molar-refractivity contribution in [2.75, 3.05) is 12.4 Å². The predicted molar refractivity (Wildman–Crippen MR) is 106 cm³/mol. The minimum atomic E-state index is -0.363. The van der Waals surface area contributed by atoms with Crippen LogP contribution in [0.1, 0.15) is 29.8 Å². The molecule has 0 spiro atoms. The quantitative estimate of drug-likeness (QED) is 0.243. The van der Waals surface area contributed by atoms with Crippen molar-refractivity contribution >= 4 is 45.1 Å². The van der Waals surface area contributed by atoms with Gasteiger partial charge < -0.3 is 9.47 Å². The number of Topliss-reactive ketones (excluding diaryl/α,β-unsaturated/α-hetero) is 1. The highest BCUT2D eigenvalue weighted by molar-refractivity contribution is 8.00. The standard InChI is InChI=1S/C19H18N2O4S2/c1-3-24-16-5-4-13(12(2)22)8-14(16)9-25-17(23)10-27-19-15-6-7-26-18(15)20-11-21-19/h4-8,11H,3,9-10H2,1-2H3. The molecule has 0 radical (unpaired) electrons. The molecule has 2 heterocycles. The number of esters is 1. The number of hydrogen-bond acceptors (Lipinski definition) is 8. The molecule has 8 heteroatoms. The SMILES string of the molecule is CCOc1ccc(C(C)=O)cc1COC(=O)CSc1ncnc2sccc12. The first-order chi connectivity index (χ1) is 13.1. The van der Waals surface area contributed by atoms with Gasteiger partial charge in [-0.3, -0.25) is 9.59 Å². The molecule has 0 saturated heterocycles. The zero-order chi connectivity index (χ0) is 19.2. The summed E-state index contributed by atoms with van der Waals surface area (Å²) in [7, 11) is 0. The molecule has 0 atom stereocenters. The molecule has 1 aromatic carbocycles. The van der Waals surface area contributed by atoms with Gasteiger partial charge in [-0.1, -0.05) is 11.8 Å². The van der Waals surface area contributed by atoms with E-state index in [1.807, 2.05) is 18.4 Å². The maximum absolute atomic E-state index is 12.2. The van der Waals surface area contributed by atoms with Gasteiger partial charge in [0.05, 0.1) is 12.4 Å². The molecule has 2 aromatic heterocycles. The molecule has 0 saturated carbocycles. The zero-order valence-corrected chi connectivity index (χ0v) is 16.6. The fraction of sp³-hybridized carbons (Fsp3) is 0.263. The summed E-state index contributed by atoms with van der Waals surface area (Å²) < 4.78 is 10.9. The maximum atomic E-state index is 12.2. The van der Waals surface area contributed by atoms with Crippen molar-refractivity contribution < 1.29 is 19.1 Å². The Kier molecular flexibility index (Phi) is 6.41. The van der Waals surface area contributed by atoms with E-state index in [2.05, 4.69) is 9.97 Å². The summed E-state index contributed by atoms with van der Waals surface area (Å²) in [4.78, 5) is 33.1. The summed E-state index contributed by atoms with van der Waals surface area (Å²) in [5, 5.41) is 3.64. The van der Waals surface area contributed by atoms with Crippen LogP contribution in [0.2, 0.25) is 0 Å². The number of benzene rings is 1. The van der Waals surface area contributed by atoms with E-state index in [0.717, 1.165) is 15.2 Å². The first-order valence-corrected chi connectivity index (χ1v) is 10.2. The smallest absolute Gasteiger partial charge is 0.316 e. The minimum Gasteiger partial charge on any atom is -0.493 e. The number of ketones is 1. The molecule has 0 N–H and O–H groups in total. The molecule has 27 heavy (non-hydrogen) atoms. The summed E-state index contributed by atoms with van der Waals surface area (Å²) in [6.45, 7) is 3.90. The average molecular weight is 402 g/mol. The van der Waals surface area contributed by atoms with E-state index in [4.69, 9.17) is 9.47 Å². The van der Waals surface area contributed by atoms with E-state index in [1.165, 1.54) is 36.3 Å². The second-order valence-electron chi connectivity index (χ2n) is 5.58. The molecule has 3 aromatic rings. The Hall–Kier alpha value is -2.45. The molecule has 0 aliphatic heterocycles. The molecule has 0 unspecified atom stereocenters. The van der Waals surface area contributed by atoms with Gasteiger partial charge in [-0.25, -0.2) is 9.97 Å². The molecule has 0 fully saturated rings. The van der Waals surface area contributed by atoms with Crippen LogP contribution in [-0.2, 0) is 16.1 Å². The van der Waals surface area contributed by atoms with E-state index >= 15 is 0 Å².